The van der Waals surface area contributed by atoms with Gasteiger partial charge in [-0.2, -0.15) is 0 Å². The van der Waals surface area contributed by atoms with Gasteiger partial charge in [-0.25, -0.2) is 18.1 Å². The van der Waals surface area contributed by atoms with Crippen molar-refractivity contribution in [2.45, 2.75) is 32.2 Å². The third kappa shape index (κ3) is 2.56. The Morgan fingerprint density at radius 3 is 3.20 bits per heavy atom. The van der Waals surface area contributed by atoms with Crippen LogP contribution in [0, 0.1) is 0 Å². The summed E-state index contributed by atoms with van der Waals surface area (Å²) in [6, 6.07) is 0.0582. The zero-order chi connectivity index (χ0) is 10.9. The molecule has 1 aliphatic rings. The molecule has 0 bridgehead atoms. The maximum absolute atomic E-state index is 11.4. The van der Waals surface area contributed by atoms with Gasteiger partial charge in [-0.3, -0.25) is 0 Å². The van der Waals surface area contributed by atoms with Crippen molar-refractivity contribution >= 4 is 21.4 Å². The Morgan fingerprint density at radius 2 is 2.47 bits per heavy atom. The molecule has 0 radical (unpaired) electrons. The second-order valence-electron chi connectivity index (χ2n) is 3.68. The van der Waals surface area contributed by atoms with Crippen molar-refractivity contribution in [1.29, 1.82) is 0 Å². The molecule has 84 valence electrons. The summed E-state index contributed by atoms with van der Waals surface area (Å²) in [4.78, 5) is 5.48. The number of hydrogen-bond donors (Lipinski definition) is 1. The molecule has 0 saturated heterocycles. The SMILES string of the molecule is CCS(=O)(=O)N[C@H]1CCc2ncsc2C1. The second kappa shape index (κ2) is 4.19. The smallest absolute Gasteiger partial charge is 0.211 e. The highest BCUT2D eigenvalue weighted by Crippen LogP contribution is 2.24. The Kier molecular flexibility index (Phi) is 3.08. The van der Waals surface area contributed by atoms with E-state index in [2.05, 4.69) is 9.71 Å². The van der Waals surface area contributed by atoms with Gasteiger partial charge < -0.3 is 0 Å². The summed E-state index contributed by atoms with van der Waals surface area (Å²) in [5, 5.41) is 0. The van der Waals surface area contributed by atoms with Crippen molar-refractivity contribution in [2.24, 2.45) is 0 Å². The summed E-state index contributed by atoms with van der Waals surface area (Å²) in [7, 11) is -3.07. The molecule has 4 nitrogen and oxygen atoms in total. The molecule has 0 aliphatic heterocycles. The van der Waals surface area contributed by atoms with Crippen LogP contribution < -0.4 is 4.72 Å². The van der Waals surface area contributed by atoms with Crippen LogP contribution in [0.25, 0.3) is 0 Å². The molecule has 6 heteroatoms. The fourth-order valence-corrected chi connectivity index (χ4v) is 3.51. The number of aryl methyl sites for hydroxylation is 1. The second-order valence-corrected chi connectivity index (χ2v) is 6.67. The number of fused-ring (bicyclic) bond motifs is 1. The minimum atomic E-state index is -3.07. The van der Waals surface area contributed by atoms with Crippen LogP contribution >= 0.6 is 11.3 Å². The van der Waals surface area contributed by atoms with E-state index in [0.717, 1.165) is 25.0 Å². The van der Waals surface area contributed by atoms with E-state index >= 15 is 0 Å². The number of nitrogens with one attached hydrogen (secondary N) is 1. The number of rotatable bonds is 3. The zero-order valence-corrected chi connectivity index (χ0v) is 10.2. The number of aromatic nitrogens is 1. The van der Waals surface area contributed by atoms with E-state index in [1.165, 1.54) is 4.88 Å². The maximum atomic E-state index is 11.4. The van der Waals surface area contributed by atoms with E-state index in [9.17, 15) is 8.42 Å². The molecule has 0 amide bonds. The topological polar surface area (TPSA) is 59.1 Å². The Labute approximate surface area is 93.8 Å². The molecule has 0 fully saturated rings. The third-order valence-electron chi connectivity index (χ3n) is 2.61. The van der Waals surface area contributed by atoms with Crippen LogP contribution in [0.4, 0.5) is 0 Å². The molecular weight excluding hydrogens is 232 g/mol. The molecule has 0 saturated carbocycles. The van der Waals surface area contributed by atoms with Crippen molar-refractivity contribution in [3.63, 3.8) is 0 Å². The number of thiazole rings is 1. The molecule has 1 aromatic rings. The summed E-state index contributed by atoms with van der Waals surface area (Å²) in [6.45, 7) is 1.66. The van der Waals surface area contributed by atoms with Crippen molar-refractivity contribution in [3.8, 4) is 0 Å². The van der Waals surface area contributed by atoms with Gasteiger partial charge >= 0.3 is 0 Å². The lowest BCUT2D eigenvalue weighted by molar-refractivity contribution is 0.508. The van der Waals surface area contributed by atoms with Gasteiger partial charge in [0, 0.05) is 17.3 Å². The Bertz CT molecular complexity index is 439. The van der Waals surface area contributed by atoms with Crippen LogP contribution in [0.1, 0.15) is 23.9 Å². The normalized spacial score (nSPS) is 21.3. The van der Waals surface area contributed by atoms with E-state index in [-0.39, 0.29) is 11.8 Å². The Balaban J connectivity index is 2.05. The van der Waals surface area contributed by atoms with Gasteiger partial charge in [-0.15, -0.1) is 11.3 Å². The molecule has 1 atom stereocenters. The van der Waals surface area contributed by atoms with Gasteiger partial charge in [0.05, 0.1) is 17.0 Å². The lowest BCUT2D eigenvalue weighted by atomic mass is 9.99. The summed E-state index contributed by atoms with van der Waals surface area (Å²) in [6.07, 6.45) is 2.53. The quantitative estimate of drug-likeness (QED) is 0.863. The van der Waals surface area contributed by atoms with Gasteiger partial charge in [-0.1, -0.05) is 0 Å². The van der Waals surface area contributed by atoms with Crippen LogP contribution in [-0.2, 0) is 22.9 Å². The molecule has 1 aromatic heterocycles. The first-order valence-electron chi connectivity index (χ1n) is 5.02. The predicted octanol–water partition coefficient (Wildman–Crippen LogP) is 0.940. The van der Waals surface area contributed by atoms with Crippen molar-refractivity contribution in [1.82, 2.24) is 9.71 Å². The zero-order valence-electron chi connectivity index (χ0n) is 8.56. The fraction of sp³-hybridized carbons (Fsp3) is 0.667. The molecule has 2 rings (SSSR count). The van der Waals surface area contributed by atoms with Crippen LogP contribution in [0.5, 0.6) is 0 Å². The standard InChI is InChI=1S/C9H14N2O2S2/c1-2-15(12,13)11-7-3-4-8-9(5-7)14-6-10-8/h6-7,11H,2-5H2,1H3/t7-/m0/s1. The van der Waals surface area contributed by atoms with Crippen LogP contribution in [0.3, 0.4) is 0 Å². The summed E-state index contributed by atoms with van der Waals surface area (Å²) >= 11 is 1.62. The third-order valence-corrected chi connectivity index (χ3v) is 4.96. The lowest BCUT2D eigenvalue weighted by Crippen LogP contribution is -2.39. The van der Waals surface area contributed by atoms with E-state index < -0.39 is 10.0 Å². The lowest BCUT2D eigenvalue weighted by Gasteiger charge is -2.21. The minimum absolute atomic E-state index is 0.0582. The van der Waals surface area contributed by atoms with E-state index in [1.807, 2.05) is 5.51 Å². The number of hydrogen-bond acceptors (Lipinski definition) is 4. The number of nitrogens with zero attached hydrogens (tertiary/aromatic N) is 1. The van der Waals surface area contributed by atoms with E-state index in [0.29, 0.717) is 0 Å². The van der Waals surface area contributed by atoms with E-state index in [4.69, 9.17) is 0 Å². The summed E-state index contributed by atoms with van der Waals surface area (Å²) in [5.41, 5.74) is 2.98. The molecule has 15 heavy (non-hydrogen) atoms. The van der Waals surface area contributed by atoms with Crippen LogP contribution in [0.2, 0.25) is 0 Å². The molecule has 1 N–H and O–H groups in total. The monoisotopic (exact) mass is 246 g/mol. The summed E-state index contributed by atoms with van der Waals surface area (Å²) in [5.74, 6) is 0.152. The largest absolute Gasteiger partial charge is 0.249 e. The van der Waals surface area contributed by atoms with Gasteiger partial charge in [0.2, 0.25) is 10.0 Å². The van der Waals surface area contributed by atoms with Gasteiger partial charge in [-0.05, 0) is 19.8 Å². The van der Waals surface area contributed by atoms with Crippen LogP contribution in [0.15, 0.2) is 5.51 Å². The first-order valence-corrected chi connectivity index (χ1v) is 7.55. The van der Waals surface area contributed by atoms with Crippen molar-refractivity contribution < 1.29 is 8.42 Å². The summed E-state index contributed by atoms with van der Waals surface area (Å²) < 4.78 is 25.5. The Morgan fingerprint density at radius 1 is 1.67 bits per heavy atom. The molecular formula is C9H14N2O2S2. The highest BCUT2D eigenvalue weighted by Gasteiger charge is 2.23. The van der Waals surface area contributed by atoms with E-state index in [1.54, 1.807) is 18.3 Å². The highest BCUT2D eigenvalue weighted by molar-refractivity contribution is 7.89. The molecule has 0 spiro atoms. The first-order chi connectivity index (χ1) is 7.11. The maximum Gasteiger partial charge on any atom is 0.211 e. The highest BCUT2D eigenvalue weighted by atomic mass is 32.2. The van der Waals surface area contributed by atoms with Gasteiger partial charge in [0.25, 0.3) is 0 Å². The molecule has 1 heterocycles. The van der Waals surface area contributed by atoms with Gasteiger partial charge in [0.15, 0.2) is 0 Å². The predicted molar refractivity (Wildman–Crippen MR) is 60.5 cm³/mol. The van der Waals surface area contributed by atoms with Gasteiger partial charge in [0.1, 0.15) is 0 Å². The van der Waals surface area contributed by atoms with Crippen molar-refractivity contribution in [3.05, 3.63) is 16.1 Å². The average Bonchev–Trinajstić information content (AvgIpc) is 2.64. The van der Waals surface area contributed by atoms with Crippen molar-refractivity contribution in [2.75, 3.05) is 5.75 Å². The average molecular weight is 246 g/mol. The van der Waals surface area contributed by atoms with Crippen LogP contribution in [-0.4, -0.2) is 25.2 Å². The molecule has 0 unspecified atom stereocenters. The Hall–Kier alpha value is -0.460. The number of sulfonamides is 1. The molecule has 1 aliphatic carbocycles. The molecule has 0 aromatic carbocycles. The minimum Gasteiger partial charge on any atom is -0.249 e. The first kappa shape index (κ1) is 11.0. The fourth-order valence-electron chi connectivity index (χ4n) is 1.74.